The van der Waals surface area contributed by atoms with Crippen LogP contribution in [0, 0.1) is 22.7 Å². The molecule has 2 saturated carbocycles. The van der Waals surface area contributed by atoms with Crippen molar-refractivity contribution < 1.29 is 9.53 Å². The number of halogens is 1. The van der Waals surface area contributed by atoms with Crippen molar-refractivity contribution in [3.8, 4) is 0 Å². The van der Waals surface area contributed by atoms with Crippen LogP contribution < -0.4 is 0 Å². The number of fused-ring (bicyclic) bond motifs is 2. The van der Waals surface area contributed by atoms with Crippen LogP contribution in [-0.4, -0.2) is 16.9 Å². The molecule has 132 valence electrons. The Morgan fingerprint density at radius 2 is 1.96 bits per heavy atom. The largest absolute Gasteiger partial charge is 0.461 e. The van der Waals surface area contributed by atoms with Gasteiger partial charge < -0.3 is 4.74 Å². The highest BCUT2D eigenvalue weighted by Gasteiger charge is 2.63. The average Bonchev–Trinajstić information content (AvgIpc) is 2.88. The predicted octanol–water partition coefficient (Wildman–Crippen LogP) is 5.39. The number of carbonyl (C=O) groups is 1. The molecular weight excluding hydrogens is 364 g/mol. The van der Waals surface area contributed by atoms with Crippen molar-refractivity contribution in [2.24, 2.45) is 22.7 Å². The van der Waals surface area contributed by atoms with Gasteiger partial charge in [0, 0.05) is 0 Å². The van der Waals surface area contributed by atoms with E-state index in [1.807, 2.05) is 25.1 Å². The van der Waals surface area contributed by atoms with Crippen molar-refractivity contribution in [2.45, 2.75) is 64.3 Å². The van der Waals surface area contributed by atoms with Gasteiger partial charge >= 0.3 is 5.97 Å². The van der Waals surface area contributed by atoms with E-state index in [-0.39, 0.29) is 33.6 Å². The number of carbonyl (C=O) groups excluding carboxylic acids is 1. The van der Waals surface area contributed by atoms with Gasteiger partial charge in [0.05, 0.1) is 10.7 Å². The standard InChI is InChI=1S/C21H29BrO2/c1-14(18(22)12-15-8-6-5-7-9-15)24-19(23)17-13-16-10-11-21(17,4)20(16,2)3/h5-9,14,16-18H,10-13H2,1-4H3. The van der Waals surface area contributed by atoms with Gasteiger partial charge in [0.15, 0.2) is 0 Å². The number of hydrogen-bond acceptors (Lipinski definition) is 2. The van der Waals surface area contributed by atoms with Crippen molar-refractivity contribution in [1.29, 1.82) is 0 Å². The van der Waals surface area contributed by atoms with E-state index in [4.69, 9.17) is 4.74 Å². The Kier molecular flexibility index (Phi) is 4.85. The third-order valence-electron chi connectivity index (χ3n) is 7.16. The SMILES string of the molecule is CC(OC(=O)C1CC2CCC1(C)C2(C)C)C(Br)Cc1ccccc1. The summed E-state index contributed by atoms with van der Waals surface area (Å²) >= 11 is 3.72. The average molecular weight is 393 g/mol. The van der Waals surface area contributed by atoms with Crippen LogP contribution >= 0.6 is 15.9 Å². The fraction of sp³-hybridized carbons (Fsp3) is 0.667. The van der Waals surface area contributed by atoms with E-state index in [0.717, 1.165) is 19.3 Å². The molecule has 5 atom stereocenters. The molecule has 24 heavy (non-hydrogen) atoms. The zero-order valence-electron chi connectivity index (χ0n) is 15.2. The first kappa shape index (κ1) is 18.0. The maximum atomic E-state index is 12.9. The van der Waals surface area contributed by atoms with Gasteiger partial charge in [-0.3, -0.25) is 4.79 Å². The minimum absolute atomic E-state index is 0.0118. The van der Waals surface area contributed by atoms with Crippen LogP contribution in [0.2, 0.25) is 0 Å². The van der Waals surface area contributed by atoms with E-state index in [0.29, 0.717) is 5.92 Å². The molecule has 2 aliphatic rings. The van der Waals surface area contributed by atoms with Crippen molar-refractivity contribution in [1.82, 2.24) is 0 Å². The van der Waals surface area contributed by atoms with Gasteiger partial charge in [0.25, 0.3) is 0 Å². The van der Waals surface area contributed by atoms with Crippen LogP contribution in [0.25, 0.3) is 0 Å². The second-order valence-corrected chi connectivity index (χ2v) is 9.69. The van der Waals surface area contributed by atoms with Crippen molar-refractivity contribution >= 4 is 21.9 Å². The fourth-order valence-corrected chi connectivity index (χ4v) is 5.39. The van der Waals surface area contributed by atoms with E-state index in [1.54, 1.807) is 0 Å². The highest BCUT2D eigenvalue weighted by Crippen LogP contribution is 2.68. The van der Waals surface area contributed by atoms with E-state index >= 15 is 0 Å². The monoisotopic (exact) mass is 392 g/mol. The maximum Gasteiger partial charge on any atom is 0.309 e. The Morgan fingerprint density at radius 3 is 2.50 bits per heavy atom. The van der Waals surface area contributed by atoms with E-state index < -0.39 is 0 Å². The highest BCUT2D eigenvalue weighted by molar-refractivity contribution is 9.09. The first-order valence-electron chi connectivity index (χ1n) is 9.14. The molecule has 0 amide bonds. The van der Waals surface area contributed by atoms with Gasteiger partial charge in [-0.15, -0.1) is 0 Å². The molecule has 0 saturated heterocycles. The quantitative estimate of drug-likeness (QED) is 0.496. The zero-order chi connectivity index (χ0) is 17.5. The summed E-state index contributed by atoms with van der Waals surface area (Å²) in [7, 11) is 0. The Labute approximate surface area is 154 Å². The van der Waals surface area contributed by atoms with Crippen LogP contribution in [-0.2, 0) is 16.0 Å². The highest BCUT2D eigenvalue weighted by atomic mass is 79.9. The topological polar surface area (TPSA) is 26.3 Å². The lowest BCUT2D eigenvalue weighted by Crippen LogP contribution is -2.39. The number of ether oxygens (including phenoxy) is 1. The van der Waals surface area contributed by atoms with Crippen LogP contribution in [0.5, 0.6) is 0 Å². The molecule has 3 heteroatoms. The summed E-state index contributed by atoms with van der Waals surface area (Å²) in [5.41, 5.74) is 1.60. The Morgan fingerprint density at radius 1 is 1.29 bits per heavy atom. The predicted molar refractivity (Wildman–Crippen MR) is 101 cm³/mol. The first-order valence-corrected chi connectivity index (χ1v) is 10.1. The normalized spacial score (nSPS) is 33.2. The summed E-state index contributed by atoms with van der Waals surface area (Å²) in [6.45, 7) is 8.97. The van der Waals surface area contributed by atoms with E-state index in [9.17, 15) is 4.79 Å². The Hall–Kier alpha value is -0.830. The third-order valence-corrected chi connectivity index (χ3v) is 8.23. The molecule has 0 heterocycles. The van der Waals surface area contributed by atoms with Gasteiger partial charge in [-0.2, -0.15) is 0 Å². The molecule has 0 spiro atoms. The molecule has 3 rings (SSSR count). The third kappa shape index (κ3) is 2.94. The molecule has 0 aliphatic heterocycles. The van der Waals surface area contributed by atoms with Crippen molar-refractivity contribution in [3.05, 3.63) is 35.9 Å². The van der Waals surface area contributed by atoms with Gasteiger partial charge in [0.1, 0.15) is 6.10 Å². The van der Waals surface area contributed by atoms with Gasteiger partial charge in [-0.1, -0.05) is 67.0 Å². The Balaban J connectivity index is 1.61. The lowest BCUT2D eigenvalue weighted by atomic mass is 9.67. The molecule has 0 N–H and O–H groups in total. The summed E-state index contributed by atoms with van der Waals surface area (Å²) in [5, 5.41) is 0. The second kappa shape index (κ2) is 6.48. The smallest absolute Gasteiger partial charge is 0.309 e. The van der Waals surface area contributed by atoms with Crippen LogP contribution in [0.1, 0.15) is 52.5 Å². The summed E-state index contributed by atoms with van der Waals surface area (Å²) in [5.74, 6) is 0.738. The minimum Gasteiger partial charge on any atom is -0.461 e. The maximum absolute atomic E-state index is 12.9. The summed E-state index contributed by atoms with van der Waals surface area (Å²) in [4.78, 5) is 13.0. The number of esters is 1. The molecule has 2 nitrogen and oxygen atoms in total. The lowest BCUT2D eigenvalue weighted by Gasteiger charge is -2.38. The molecule has 5 unspecified atom stereocenters. The molecular formula is C21H29BrO2. The number of benzene rings is 1. The van der Waals surface area contributed by atoms with Crippen LogP contribution in [0.4, 0.5) is 0 Å². The summed E-state index contributed by atoms with van der Waals surface area (Å²) in [6, 6.07) is 10.3. The van der Waals surface area contributed by atoms with Crippen LogP contribution in [0.3, 0.4) is 0 Å². The van der Waals surface area contributed by atoms with Gasteiger partial charge in [0.2, 0.25) is 0 Å². The molecule has 2 bridgehead atoms. The molecule has 0 radical (unpaired) electrons. The zero-order valence-corrected chi connectivity index (χ0v) is 16.8. The first-order chi connectivity index (χ1) is 11.3. The van der Waals surface area contributed by atoms with Crippen LogP contribution in [0.15, 0.2) is 30.3 Å². The van der Waals surface area contributed by atoms with E-state index in [1.165, 1.54) is 12.0 Å². The second-order valence-electron chi connectivity index (χ2n) is 8.51. The molecule has 2 aliphatic carbocycles. The molecule has 1 aromatic rings. The molecule has 2 fully saturated rings. The summed E-state index contributed by atoms with van der Waals surface area (Å²) in [6.07, 6.45) is 4.16. The van der Waals surface area contributed by atoms with Gasteiger partial charge in [-0.25, -0.2) is 0 Å². The van der Waals surface area contributed by atoms with Gasteiger partial charge in [-0.05, 0) is 54.9 Å². The number of alkyl halides is 1. The number of hydrogen-bond donors (Lipinski definition) is 0. The molecule has 0 aromatic heterocycles. The Bertz CT molecular complexity index is 597. The van der Waals surface area contributed by atoms with E-state index in [2.05, 4.69) is 48.8 Å². The lowest BCUT2D eigenvalue weighted by molar-refractivity contribution is -0.158. The number of rotatable bonds is 5. The minimum atomic E-state index is -0.122. The summed E-state index contributed by atoms with van der Waals surface area (Å²) < 4.78 is 5.89. The fourth-order valence-electron chi connectivity index (χ4n) is 4.90. The van der Waals surface area contributed by atoms with Crippen molar-refractivity contribution in [3.63, 3.8) is 0 Å². The van der Waals surface area contributed by atoms with Crippen molar-refractivity contribution in [2.75, 3.05) is 0 Å². The molecule has 1 aromatic carbocycles.